The minimum absolute atomic E-state index is 0.0599. The molecule has 0 N–H and O–H groups in total. The number of aromatic nitrogens is 1. The third-order valence-corrected chi connectivity index (χ3v) is 6.96. The highest BCUT2D eigenvalue weighted by Gasteiger charge is 2.44. The first kappa shape index (κ1) is 17.6. The quantitative estimate of drug-likeness (QED) is 0.666. The molecule has 0 bridgehead atoms. The number of hydrogen-bond acceptors (Lipinski definition) is 3. The average molecular weight is 396 g/mol. The van der Waals surface area contributed by atoms with Crippen molar-refractivity contribution in [2.75, 3.05) is 13.1 Å². The lowest BCUT2D eigenvalue weighted by atomic mass is 10.0. The average Bonchev–Trinajstić information content (AvgIpc) is 3.41. The molecule has 4 nitrogen and oxygen atoms in total. The number of rotatable bonds is 4. The van der Waals surface area contributed by atoms with E-state index in [1.165, 1.54) is 22.6 Å². The molecule has 0 saturated carbocycles. The first-order valence-corrected chi connectivity index (χ1v) is 10.5. The Labute approximate surface area is 167 Å². The van der Waals surface area contributed by atoms with Crippen molar-refractivity contribution < 1.29 is 9.18 Å². The molecule has 5 rings (SSSR count). The zero-order valence-corrected chi connectivity index (χ0v) is 16.5. The lowest BCUT2D eigenvalue weighted by molar-refractivity contribution is 0.0556. The first-order chi connectivity index (χ1) is 13.6. The number of aryl methyl sites for hydroxylation is 1. The van der Waals surface area contributed by atoms with Crippen LogP contribution in [0.1, 0.15) is 32.5 Å². The monoisotopic (exact) mass is 395 g/mol. The van der Waals surface area contributed by atoms with E-state index >= 15 is 0 Å². The third-order valence-electron chi connectivity index (χ3n) is 5.95. The molecule has 6 heteroatoms. The van der Waals surface area contributed by atoms with Crippen molar-refractivity contribution in [3.05, 3.63) is 81.6 Å². The summed E-state index contributed by atoms with van der Waals surface area (Å²) >= 11 is 1.80. The van der Waals surface area contributed by atoms with E-state index in [1.807, 2.05) is 23.2 Å². The number of carbonyl (C=O) groups is 1. The van der Waals surface area contributed by atoms with Gasteiger partial charge in [-0.2, -0.15) is 0 Å². The molecule has 0 spiro atoms. The van der Waals surface area contributed by atoms with Gasteiger partial charge in [0.15, 0.2) is 0 Å². The Morgan fingerprint density at radius 2 is 1.86 bits per heavy atom. The standard InChI is InChI=1S/C22H22FN3OS/c1-15-8-10-28-21(15)14-24-12-19-20(13-24)26(11-16-4-6-17(23)7-5-16)22(27)18-3-2-9-25(18)19/h2-10,19-20H,11-14H2,1H3/t19-,20+/m1/s1. The highest BCUT2D eigenvalue weighted by molar-refractivity contribution is 7.10. The summed E-state index contributed by atoms with van der Waals surface area (Å²) in [6.07, 6.45) is 2.03. The van der Waals surface area contributed by atoms with Gasteiger partial charge in [0.05, 0.1) is 12.1 Å². The van der Waals surface area contributed by atoms with E-state index < -0.39 is 0 Å². The highest BCUT2D eigenvalue weighted by Crippen LogP contribution is 2.35. The minimum Gasteiger partial charge on any atom is -0.337 e. The summed E-state index contributed by atoms with van der Waals surface area (Å²) < 4.78 is 15.4. The van der Waals surface area contributed by atoms with Gasteiger partial charge in [-0.25, -0.2) is 4.39 Å². The molecule has 0 aliphatic carbocycles. The fourth-order valence-electron chi connectivity index (χ4n) is 4.46. The summed E-state index contributed by atoms with van der Waals surface area (Å²) in [5.74, 6) is -0.191. The number of benzene rings is 1. The normalized spacial score (nSPS) is 21.8. The van der Waals surface area contributed by atoms with Crippen molar-refractivity contribution in [2.45, 2.75) is 32.1 Å². The van der Waals surface area contributed by atoms with Crippen LogP contribution in [0.4, 0.5) is 4.39 Å². The molecule has 1 aromatic carbocycles. The maximum atomic E-state index is 13.3. The van der Waals surface area contributed by atoms with Gasteiger partial charge < -0.3 is 9.47 Å². The van der Waals surface area contributed by atoms with Crippen LogP contribution in [0.5, 0.6) is 0 Å². The number of likely N-dealkylation sites (tertiary alicyclic amines) is 1. The Morgan fingerprint density at radius 1 is 1.07 bits per heavy atom. The molecular formula is C22H22FN3OS. The number of fused-ring (bicyclic) bond motifs is 3. The summed E-state index contributed by atoms with van der Waals surface area (Å²) in [6, 6.07) is 12.9. The van der Waals surface area contributed by atoms with E-state index in [4.69, 9.17) is 0 Å². The van der Waals surface area contributed by atoms with Gasteiger partial charge >= 0.3 is 0 Å². The second kappa shape index (κ2) is 6.87. The van der Waals surface area contributed by atoms with Crippen molar-refractivity contribution in [3.8, 4) is 0 Å². The van der Waals surface area contributed by atoms with E-state index in [-0.39, 0.29) is 23.8 Å². The van der Waals surface area contributed by atoms with Crippen molar-refractivity contribution in [3.63, 3.8) is 0 Å². The van der Waals surface area contributed by atoms with Crippen molar-refractivity contribution in [1.29, 1.82) is 0 Å². The van der Waals surface area contributed by atoms with Gasteiger partial charge in [-0.05, 0) is 53.8 Å². The van der Waals surface area contributed by atoms with Crippen molar-refractivity contribution >= 4 is 17.2 Å². The second-order valence-electron chi connectivity index (χ2n) is 7.72. The van der Waals surface area contributed by atoms with Crippen LogP contribution < -0.4 is 0 Å². The summed E-state index contributed by atoms with van der Waals surface area (Å²) in [6.45, 7) is 5.37. The number of halogens is 1. The molecule has 28 heavy (non-hydrogen) atoms. The van der Waals surface area contributed by atoms with Gasteiger partial charge in [0, 0.05) is 37.3 Å². The largest absolute Gasteiger partial charge is 0.337 e. The van der Waals surface area contributed by atoms with Gasteiger partial charge in [-0.3, -0.25) is 9.69 Å². The van der Waals surface area contributed by atoms with E-state index in [0.717, 1.165) is 30.9 Å². The van der Waals surface area contributed by atoms with Crippen molar-refractivity contribution in [1.82, 2.24) is 14.4 Å². The first-order valence-electron chi connectivity index (χ1n) is 9.58. The van der Waals surface area contributed by atoms with Crippen LogP contribution in [0.15, 0.2) is 54.0 Å². The van der Waals surface area contributed by atoms with Crippen LogP contribution in [0, 0.1) is 12.7 Å². The molecule has 0 radical (unpaired) electrons. The number of nitrogens with zero attached hydrogens (tertiary/aromatic N) is 3. The van der Waals surface area contributed by atoms with Gasteiger partial charge in [-0.1, -0.05) is 12.1 Å². The SMILES string of the molecule is Cc1ccsc1CN1C[C@@H]2[C@H](C1)N(Cc1ccc(F)cc1)C(=O)c1cccn12. The molecular weight excluding hydrogens is 373 g/mol. The number of hydrogen-bond donors (Lipinski definition) is 0. The van der Waals surface area contributed by atoms with E-state index in [1.54, 1.807) is 23.5 Å². The molecule has 2 aliphatic heterocycles. The maximum Gasteiger partial charge on any atom is 0.271 e. The molecule has 4 heterocycles. The van der Waals surface area contributed by atoms with Crippen LogP contribution in [-0.4, -0.2) is 39.4 Å². The third kappa shape index (κ3) is 2.97. The summed E-state index contributed by atoms with van der Waals surface area (Å²) in [5, 5.41) is 2.14. The molecule has 1 fully saturated rings. The van der Waals surface area contributed by atoms with Gasteiger partial charge in [-0.15, -0.1) is 11.3 Å². The molecule has 1 saturated heterocycles. The van der Waals surface area contributed by atoms with Crippen LogP contribution in [-0.2, 0) is 13.1 Å². The maximum absolute atomic E-state index is 13.3. The topological polar surface area (TPSA) is 28.5 Å². The fraction of sp³-hybridized carbons (Fsp3) is 0.318. The van der Waals surface area contributed by atoms with E-state index in [9.17, 15) is 9.18 Å². The Kier molecular flexibility index (Phi) is 4.33. The van der Waals surface area contributed by atoms with Gasteiger partial charge in [0.25, 0.3) is 5.91 Å². The fourth-order valence-corrected chi connectivity index (χ4v) is 5.41. The highest BCUT2D eigenvalue weighted by atomic mass is 32.1. The minimum atomic E-state index is -0.251. The number of thiophene rings is 1. The lowest BCUT2D eigenvalue weighted by Gasteiger charge is -2.38. The van der Waals surface area contributed by atoms with Crippen LogP contribution >= 0.6 is 11.3 Å². The zero-order valence-electron chi connectivity index (χ0n) is 15.7. The van der Waals surface area contributed by atoms with Crippen molar-refractivity contribution in [2.24, 2.45) is 0 Å². The Morgan fingerprint density at radius 3 is 2.61 bits per heavy atom. The molecule has 2 atom stereocenters. The molecule has 1 amide bonds. The van der Waals surface area contributed by atoms with E-state index in [2.05, 4.69) is 27.8 Å². The van der Waals surface area contributed by atoms with Crippen LogP contribution in [0.25, 0.3) is 0 Å². The summed E-state index contributed by atoms with van der Waals surface area (Å²) in [5.41, 5.74) is 3.04. The Balaban J connectivity index is 1.44. The molecule has 2 aromatic heterocycles. The predicted molar refractivity (Wildman–Crippen MR) is 108 cm³/mol. The Bertz CT molecular complexity index is 1010. The van der Waals surface area contributed by atoms with Gasteiger partial charge in [0.2, 0.25) is 0 Å². The van der Waals surface area contributed by atoms with Crippen LogP contribution in [0.2, 0.25) is 0 Å². The van der Waals surface area contributed by atoms with Crippen LogP contribution in [0.3, 0.4) is 0 Å². The number of carbonyl (C=O) groups excluding carboxylic acids is 1. The second-order valence-corrected chi connectivity index (χ2v) is 8.72. The summed E-state index contributed by atoms with van der Waals surface area (Å²) in [4.78, 5) is 19.0. The molecule has 144 valence electrons. The Hall–Kier alpha value is -2.44. The molecule has 0 unspecified atom stereocenters. The zero-order chi connectivity index (χ0) is 19.3. The molecule has 3 aromatic rings. The van der Waals surface area contributed by atoms with Gasteiger partial charge in [0.1, 0.15) is 11.5 Å². The smallest absolute Gasteiger partial charge is 0.271 e. The number of amides is 1. The lowest BCUT2D eigenvalue weighted by Crippen LogP contribution is -2.49. The molecule has 2 aliphatic rings. The summed E-state index contributed by atoms with van der Waals surface area (Å²) in [7, 11) is 0. The van der Waals surface area contributed by atoms with E-state index in [0.29, 0.717) is 6.54 Å². The predicted octanol–water partition coefficient (Wildman–Crippen LogP) is 4.08.